The van der Waals surface area contributed by atoms with Gasteiger partial charge >= 0.3 is 5.97 Å². The number of benzene rings is 1. The lowest BCUT2D eigenvalue weighted by Crippen LogP contribution is -2.49. The van der Waals surface area contributed by atoms with Gasteiger partial charge in [0.2, 0.25) is 0 Å². The number of carboxylic acid groups (broad SMARTS) is 1. The first kappa shape index (κ1) is 15.9. The van der Waals surface area contributed by atoms with E-state index in [0.717, 1.165) is 43.5 Å². The van der Waals surface area contributed by atoms with Gasteiger partial charge in [0.05, 0.1) is 0 Å². The Morgan fingerprint density at radius 2 is 1.95 bits per heavy atom. The van der Waals surface area contributed by atoms with Crippen LogP contribution in [-0.4, -0.2) is 48.2 Å². The normalized spacial score (nSPS) is 16.9. The van der Waals surface area contributed by atoms with Crippen LogP contribution in [0, 0.1) is 0 Å². The standard InChI is InChI=1S/C16H21ClN2O2/c1-12(2)18-7-9-19(10-8-18)15-11-14(17)5-3-13(15)4-6-16(20)21/h3-6,11-12H,7-10H2,1-2H3,(H,20,21)/b6-4+. The second-order valence-corrected chi connectivity index (χ2v) is 5.93. The Morgan fingerprint density at radius 1 is 1.29 bits per heavy atom. The van der Waals surface area contributed by atoms with Crippen LogP contribution in [0.2, 0.25) is 5.02 Å². The Bertz CT molecular complexity index is 535. The molecule has 0 saturated carbocycles. The first-order chi connectivity index (χ1) is 9.97. The molecule has 2 rings (SSSR count). The minimum Gasteiger partial charge on any atom is -0.478 e. The van der Waals surface area contributed by atoms with Crippen molar-refractivity contribution in [1.82, 2.24) is 4.90 Å². The first-order valence-corrected chi connectivity index (χ1v) is 7.54. The van der Waals surface area contributed by atoms with Crippen molar-refractivity contribution >= 4 is 29.3 Å². The van der Waals surface area contributed by atoms with Crippen LogP contribution in [0.3, 0.4) is 0 Å². The minimum absolute atomic E-state index is 0.554. The minimum atomic E-state index is -0.944. The molecule has 5 heteroatoms. The Kier molecular flexibility index (Phi) is 5.26. The zero-order valence-corrected chi connectivity index (χ0v) is 13.2. The van der Waals surface area contributed by atoms with E-state index in [1.165, 1.54) is 0 Å². The Morgan fingerprint density at radius 3 is 2.52 bits per heavy atom. The molecule has 4 nitrogen and oxygen atoms in total. The molecule has 0 amide bonds. The quantitative estimate of drug-likeness (QED) is 0.869. The maximum Gasteiger partial charge on any atom is 0.328 e. The van der Waals surface area contributed by atoms with Crippen molar-refractivity contribution in [1.29, 1.82) is 0 Å². The molecular formula is C16H21ClN2O2. The van der Waals surface area contributed by atoms with Crippen molar-refractivity contribution in [3.05, 3.63) is 34.9 Å². The monoisotopic (exact) mass is 308 g/mol. The summed E-state index contributed by atoms with van der Waals surface area (Å²) in [6.45, 7) is 8.27. The highest BCUT2D eigenvalue weighted by Crippen LogP contribution is 2.27. The average Bonchev–Trinajstić information content (AvgIpc) is 2.46. The SMILES string of the molecule is CC(C)N1CCN(c2cc(Cl)ccc2/C=C/C(=O)O)CC1. The number of hydrogen-bond acceptors (Lipinski definition) is 3. The van der Waals surface area contributed by atoms with Crippen LogP contribution in [0.4, 0.5) is 5.69 Å². The number of rotatable bonds is 4. The summed E-state index contributed by atoms with van der Waals surface area (Å²) in [5.74, 6) is -0.944. The molecule has 0 unspecified atom stereocenters. The molecule has 1 heterocycles. The largest absolute Gasteiger partial charge is 0.478 e. The number of halogens is 1. The van der Waals surface area contributed by atoms with E-state index in [1.54, 1.807) is 12.1 Å². The molecule has 1 aliphatic rings. The summed E-state index contributed by atoms with van der Waals surface area (Å²) in [5, 5.41) is 9.46. The summed E-state index contributed by atoms with van der Waals surface area (Å²) in [5.41, 5.74) is 1.89. The second kappa shape index (κ2) is 6.96. The Balaban J connectivity index is 2.19. The van der Waals surface area contributed by atoms with Gasteiger partial charge in [-0.05, 0) is 37.6 Å². The highest BCUT2D eigenvalue weighted by Gasteiger charge is 2.20. The van der Waals surface area contributed by atoms with Gasteiger partial charge in [0.25, 0.3) is 0 Å². The molecule has 114 valence electrons. The van der Waals surface area contributed by atoms with Crippen molar-refractivity contribution in [2.75, 3.05) is 31.1 Å². The zero-order chi connectivity index (χ0) is 15.4. The summed E-state index contributed by atoms with van der Waals surface area (Å²) in [4.78, 5) is 15.4. The molecule has 0 radical (unpaired) electrons. The number of piperazine rings is 1. The third-order valence-corrected chi connectivity index (χ3v) is 4.02. The van der Waals surface area contributed by atoms with Gasteiger partial charge in [0, 0.05) is 49.0 Å². The highest BCUT2D eigenvalue weighted by atomic mass is 35.5. The van der Waals surface area contributed by atoms with E-state index in [1.807, 2.05) is 12.1 Å². The number of carboxylic acids is 1. The van der Waals surface area contributed by atoms with Gasteiger partial charge in [-0.15, -0.1) is 0 Å². The summed E-state index contributed by atoms with van der Waals surface area (Å²) >= 11 is 6.10. The molecule has 21 heavy (non-hydrogen) atoms. The van der Waals surface area contributed by atoms with Gasteiger partial charge in [0.15, 0.2) is 0 Å². The molecular weight excluding hydrogens is 288 g/mol. The van der Waals surface area contributed by atoms with E-state index in [0.29, 0.717) is 11.1 Å². The van der Waals surface area contributed by atoms with Gasteiger partial charge in [-0.2, -0.15) is 0 Å². The summed E-state index contributed by atoms with van der Waals surface area (Å²) in [6.07, 6.45) is 2.79. The lowest BCUT2D eigenvalue weighted by molar-refractivity contribution is -0.131. The van der Waals surface area contributed by atoms with Gasteiger partial charge < -0.3 is 10.0 Å². The lowest BCUT2D eigenvalue weighted by atomic mass is 10.1. The second-order valence-electron chi connectivity index (χ2n) is 5.49. The van der Waals surface area contributed by atoms with Gasteiger partial charge in [0.1, 0.15) is 0 Å². The van der Waals surface area contributed by atoms with Crippen LogP contribution in [0.1, 0.15) is 19.4 Å². The van der Waals surface area contributed by atoms with Crippen LogP contribution in [0.25, 0.3) is 6.08 Å². The maximum absolute atomic E-state index is 10.7. The number of hydrogen-bond donors (Lipinski definition) is 1. The van der Waals surface area contributed by atoms with Crippen molar-refractivity contribution in [3.63, 3.8) is 0 Å². The molecule has 1 aromatic carbocycles. The van der Waals surface area contributed by atoms with Gasteiger partial charge in [-0.25, -0.2) is 4.79 Å². The van der Waals surface area contributed by atoms with E-state index in [4.69, 9.17) is 16.7 Å². The van der Waals surface area contributed by atoms with Crippen molar-refractivity contribution in [2.45, 2.75) is 19.9 Å². The summed E-state index contributed by atoms with van der Waals surface area (Å²) in [7, 11) is 0. The molecule has 1 aromatic rings. The third kappa shape index (κ3) is 4.22. The lowest BCUT2D eigenvalue weighted by Gasteiger charge is -2.38. The van der Waals surface area contributed by atoms with E-state index in [2.05, 4.69) is 23.6 Å². The predicted octanol–water partition coefficient (Wildman–Crippen LogP) is 2.97. The smallest absolute Gasteiger partial charge is 0.328 e. The van der Waals surface area contributed by atoms with E-state index < -0.39 is 5.97 Å². The third-order valence-electron chi connectivity index (χ3n) is 3.78. The highest BCUT2D eigenvalue weighted by molar-refractivity contribution is 6.31. The zero-order valence-electron chi connectivity index (χ0n) is 12.4. The van der Waals surface area contributed by atoms with Crippen LogP contribution in [-0.2, 0) is 4.79 Å². The number of carbonyl (C=O) groups is 1. The van der Waals surface area contributed by atoms with Crippen molar-refractivity contribution in [2.24, 2.45) is 0 Å². The molecule has 1 aliphatic heterocycles. The van der Waals surface area contributed by atoms with E-state index in [9.17, 15) is 4.79 Å². The Hall–Kier alpha value is -1.52. The van der Waals surface area contributed by atoms with Crippen LogP contribution in [0.5, 0.6) is 0 Å². The fraction of sp³-hybridized carbons (Fsp3) is 0.438. The molecule has 1 N–H and O–H groups in total. The number of nitrogens with zero attached hydrogens (tertiary/aromatic N) is 2. The fourth-order valence-electron chi connectivity index (χ4n) is 2.57. The summed E-state index contributed by atoms with van der Waals surface area (Å²) < 4.78 is 0. The van der Waals surface area contributed by atoms with Crippen molar-refractivity contribution in [3.8, 4) is 0 Å². The van der Waals surface area contributed by atoms with Gasteiger partial charge in [-0.1, -0.05) is 17.7 Å². The molecule has 0 atom stereocenters. The molecule has 0 aromatic heterocycles. The molecule has 0 spiro atoms. The van der Waals surface area contributed by atoms with Crippen molar-refractivity contribution < 1.29 is 9.90 Å². The maximum atomic E-state index is 10.7. The predicted molar refractivity (Wildman–Crippen MR) is 87.0 cm³/mol. The van der Waals surface area contributed by atoms with E-state index >= 15 is 0 Å². The number of aliphatic carboxylic acids is 1. The summed E-state index contributed by atoms with van der Waals surface area (Å²) in [6, 6.07) is 6.12. The molecule has 0 aliphatic carbocycles. The van der Waals surface area contributed by atoms with Gasteiger partial charge in [-0.3, -0.25) is 4.90 Å². The fourth-order valence-corrected chi connectivity index (χ4v) is 2.74. The van der Waals surface area contributed by atoms with Crippen LogP contribution >= 0.6 is 11.6 Å². The van der Waals surface area contributed by atoms with Crippen LogP contribution < -0.4 is 4.90 Å². The first-order valence-electron chi connectivity index (χ1n) is 7.17. The molecule has 1 saturated heterocycles. The molecule has 1 fully saturated rings. The number of anilines is 1. The van der Waals surface area contributed by atoms with Crippen LogP contribution in [0.15, 0.2) is 24.3 Å². The molecule has 0 bridgehead atoms. The average molecular weight is 309 g/mol. The topological polar surface area (TPSA) is 43.8 Å². The van der Waals surface area contributed by atoms with E-state index in [-0.39, 0.29) is 0 Å². The Labute approximate surface area is 130 Å².